The van der Waals surface area contributed by atoms with Crippen molar-refractivity contribution >= 4 is 76.2 Å². The van der Waals surface area contributed by atoms with E-state index in [9.17, 15) is 34.4 Å². The van der Waals surface area contributed by atoms with E-state index in [4.69, 9.17) is 28.2 Å². The molecule has 0 atom stereocenters. The Kier molecular flexibility index (Phi) is 13.2. The van der Waals surface area contributed by atoms with Crippen molar-refractivity contribution in [2.75, 3.05) is 62.2 Å². The summed E-state index contributed by atoms with van der Waals surface area (Å²) >= 11 is 15.1. The molecular weight excluding hydrogens is 904 g/mol. The summed E-state index contributed by atoms with van der Waals surface area (Å²) in [4.78, 5) is 11.5. The molecule has 0 spiro atoms. The number of aryl methyl sites for hydroxylation is 2. The number of anilines is 2. The normalized spacial score (nSPS) is 15.5. The van der Waals surface area contributed by atoms with Crippen LogP contribution >= 0.6 is 45.9 Å². The zero-order chi connectivity index (χ0) is 42.9. The van der Waals surface area contributed by atoms with Crippen molar-refractivity contribution < 1.29 is 34.4 Å². The molecule has 316 valence electrons. The van der Waals surface area contributed by atoms with E-state index < -0.39 is 53.1 Å². The predicted octanol–water partition coefficient (Wildman–Crippen LogP) is 9.12. The maximum Gasteiger partial charge on any atom is 0.249 e. The number of nitrogens with zero attached hydrogens (tertiary/aromatic N) is 6. The molecule has 2 aliphatic heterocycles. The summed E-state index contributed by atoms with van der Waals surface area (Å²) in [6.07, 6.45) is 0. The van der Waals surface area contributed by atoms with Crippen LogP contribution in [0.2, 0.25) is 10.0 Å². The highest BCUT2D eigenvalue weighted by atomic mass is 35.5. The largest absolute Gasteiger partial charge is 0.345 e. The second-order valence-corrected chi connectivity index (χ2v) is 20.1. The fourth-order valence-electron chi connectivity index (χ4n) is 6.73. The first-order valence-corrected chi connectivity index (χ1v) is 23.8. The molecule has 0 aliphatic carbocycles. The van der Waals surface area contributed by atoms with Crippen LogP contribution in [0.4, 0.5) is 27.8 Å². The molecule has 20 heteroatoms. The Balaban J connectivity index is 0.000000181. The number of hydrogen-bond acceptors (Lipinski definition) is 10. The number of halogens is 6. The van der Waals surface area contributed by atoms with Crippen LogP contribution in [-0.2, 0) is 20.0 Å². The van der Waals surface area contributed by atoms with Gasteiger partial charge < -0.3 is 9.80 Å². The summed E-state index contributed by atoms with van der Waals surface area (Å²) in [5.41, 5.74) is 5.71. The third kappa shape index (κ3) is 9.21. The molecule has 0 N–H and O–H groups in total. The van der Waals surface area contributed by atoms with Crippen LogP contribution in [0.15, 0.2) is 93.3 Å². The van der Waals surface area contributed by atoms with E-state index in [2.05, 4.69) is 23.2 Å². The third-order valence-electron chi connectivity index (χ3n) is 9.91. The lowest BCUT2D eigenvalue weighted by Gasteiger charge is -2.33. The number of hydrogen-bond donors (Lipinski definition) is 0. The first-order chi connectivity index (χ1) is 28.5. The molecule has 6 aromatic rings. The molecule has 0 amide bonds. The van der Waals surface area contributed by atoms with Crippen molar-refractivity contribution in [1.82, 2.24) is 18.6 Å². The van der Waals surface area contributed by atoms with Crippen molar-refractivity contribution in [3.63, 3.8) is 0 Å². The van der Waals surface area contributed by atoms with Gasteiger partial charge in [-0.3, -0.25) is 0 Å². The van der Waals surface area contributed by atoms with Crippen LogP contribution in [0.5, 0.6) is 0 Å². The molecule has 2 fully saturated rings. The Morgan fingerprint density at radius 3 is 1.43 bits per heavy atom. The molecule has 4 heterocycles. The van der Waals surface area contributed by atoms with E-state index in [0.29, 0.717) is 47.0 Å². The lowest BCUT2D eigenvalue weighted by molar-refractivity contribution is 0.378. The number of sulfonamides is 2. The van der Waals surface area contributed by atoms with E-state index >= 15 is 0 Å². The first-order valence-electron chi connectivity index (χ1n) is 18.4. The van der Waals surface area contributed by atoms with Crippen LogP contribution in [0.25, 0.3) is 22.5 Å². The van der Waals surface area contributed by atoms with Crippen LogP contribution in [-0.4, -0.2) is 87.8 Å². The monoisotopic (exact) mass is 938 g/mol. The molecule has 4 aromatic carbocycles. The molecule has 0 saturated carbocycles. The Morgan fingerprint density at radius 1 is 0.567 bits per heavy atom. The van der Waals surface area contributed by atoms with Gasteiger partial charge in [0, 0.05) is 79.3 Å². The highest BCUT2D eigenvalue weighted by Gasteiger charge is 2.35. The Bertz CT molecular complexity index is 2720. The lowest BCUT2D eigenvalue weighted by atomic mass is 10.0. The minimum atomic E-state index is -4.27. The summed E-state index contributed by atoms with van der Waals surface area (Å²) < 4.78 is 109. The third-order valence-corrected chi connectivity index (χ3v) is 16.2. The van der Waals surface area contributed by atoms with E-state index in [1.165, 1.54) is 22.7 Å². The number of piperazine rings is 2. The van der Waals surface area contributed by atoms with Crippen LogP contribution in [0.1, 0.15) is 11.1 Å². The maximum absolute atomic E-state index is 14.0. The summed E-state index contributed by atoms with van der Waals surface area (Å²) in [6.45, 7) is 6.01. The van der Waals surface area contributed by atoms with Gasteiger partial charge in [0.1, 0.15) is 23.3 Å². The number of benzene rings is 4. The second kappa shape index (κ2) is 18.1. The molecule has 0 radical (unpaired) electrons. The molecule has 10 nitrogen and oxygen atoms in total. The van der Waals surface area contributed by atoms with Crippen LogP contribution < -0.4 is 9.80 Å². The van der Waals surface area contributed by atoms with E-state index in [1.807, 2.05) is 34.4 Å². The SMILES string of the molecule is Cc1ccc(C)c(-c2csc(N3CCN(S(=O)(=O)c4c(F)cccc4F)CC3)n2)c1.O=S(=O)(c1c(F)cccc1F)N1CCN(c2nc(-c3ccc(Cl)cc3Cl)cs2)CC1. The van der Waals surface area contributed by atoms with Crippen molar-refractivity contribution in [3.05, 3.63) is 128 Å². The Morgan fingerprint density at radius 2 is 1.00 bits per heavy atom. The fraction of sp³-hybridized carbons (Fsp3) is 0.250. The lowest BCUT2D eigenvalue weighted by Crippen LogP contribution is -2.49. The van der Waals surface area contributed by atoms with Gasteiger partial charge in [-0.2, -0.15) is 8.61 Å². The molecule has 2 saturated heterocycles. The van der Waals surface area contributed by atoms with Crippen LogP contribution in [0, 0.1) is 37.1 Å². The molecule has 2 aliphatic rings. The van der Waals surface area contributed by atoms with Gasteiger partial charge in [0.05, 0.1) is 16.4 Å². The van der Waals surface area contributed by atoms with Gasteiger partial charge in [0.25, 0.3) is 0 Å². The molecule has 0 bridgehead atoms. The molecular formula is C40H36Cl2F4N6O4S4. The van der Waals surface area contributed by atoms with Gasteiger partial charge in [0.15, 0.2) is 20.1 Å². The Labute approximate surface area is 363 Å². The average Bonchev–Trinajstić information content (AvgIpc) is 3.90. The average molecular weight is 940 g/mol. The zero-order valence-corrected chi connectivity index (χ0v) is 36.7. The summed E-state index contributed by atoms with van der Waals surface area (Å²) in [5.74, 6) is -4.34. The number of rotatable bonds is 8. The molecule has 8 rings (SSSR count). The quantitative estimate of drug-likeness (QED) is 0.139. The molecule has 60 heavy (non-hydrogen) atoms. The van der Waals surface area contributed by atoms with E-state index in [-0.39, 0.29) is 26.2 Å². The highest BCUT2D eigenvalue weighted by molar-refractivity contribution is 7.89. The van der Waals surface area contributed by atoms with Gasteiger partial charge in [0.2, 0.25) is 20.0 Å². The predicted molar refractivity (Wildman–Crippen MR) is 229 cm³/mol. The topological polar surface area (TPSA) is 107 Å². The van der Waals surface area contributed by atoms with Gasteiger partial charge in [-0.15, -0.1) is 22.7 Å². The summed E-state index contributed by atoms with van der Waals surface area (Å²) in [7, 11) is -8.50. The maximum atomic E-state index is 14.0. The molecule has 2 aromatic heterocycles. The standard InChI is InChI=1S/C21H21F2N3O2S2.C19H15Cl2F2N3O2S2/c1-14-6-7-15(2)16(12-14)19-13-29-21(24-19)25-8-10-26(11-9-25)30(27,28)20-17(22)4-3-5-18(20)23;20-12-4-5-13(14(21)10-12)17-11-29-19(24-17)25-6-8-26(9-7-25)30(27,28)18-15(22)2-1-3-16(18)23/h3-7,12-13H,8-11H2,1-2H3;1-5,10-11H,6-9H2. The van der Waals surface area contributed by atoms with Crippen molar-refractivity contribution in [2.45, 2.75) is 23.6 Å². The van der Waals surface area contributed by atoms with Crippen molar-refractivity contribution in [1.29, 1.82) is 0 Å². The van der Waals surface area contributed by atoms with Gasteiger partial charge >= 0.3 is 0 Å². The smallest absolute Gasteiger partial charge is 0.249 e. The van der Waals surface area contributed by atoms with E-state index in [1.54, 1.807) is 18.2 Å². The zero-order valence-electron chi connectivity index (χ0n) is 32.0. The summed E-state index contributed by atoms with van der Waals surface area (Å²) in [6, 6.07) is 17.4. The minimum Gasteiger partial charge on any atom is -0.345 e. The highest BCUT2D eigenvalue weighted by Crippen LogP contribution is 2.35. The first kappa shape index (κ1) is 43.9. The van der Waals surface area contributed by atoms with Crippen LogP contribution in [0.3, 0.4) is 0 Å². The van der Waals surface area contributed by atoms with Gasteiger partial charge in [-0.05, 0) is 67.9 Å². The number of aromatic nitrogens is 2. The fourth-order valence-corrected chi connectivity index (χ4v) is 12.1. The Hall–Kier alpha value is -4.14. The molecule has 0 unspecified atom stereocenters. The number of thiazole rings is 2. The second-order valence-electron chi connectivity index (χ2n) is 13.9. The summed E-state index contributed by atoms with van der Waals surface area (Å²) in [5, 5.41) is 6.40. The van der Waals surface area contributed by atoms with Gasteiger partial charge in [-0.25, -0.2) is 44.4 Å². The van der Waals surface area contributed by atoms with Gasteiger partial charge in [-0.1, -0.05) is 53.0 Å². The van der Waals surface area contributed by atoms with Crippen molar-refractivity contribution in [3.8, 4) is 22.5 Å². The van der Waals surface area contributed by atoms with E-state index in [0.717, 1.165) is 78.1 Å². The van der Waals surface area contributed by atoms with Crippen molar-refractivity contribution in [2.24, 2.45) is 0 Å². The minimum absolute atomic E-state index is 0.0900.